The monoisotopic (exact) mass is 420 g/mol. The van der Waals surface area contributed by atoms with Gasteiger partial charge in [0.25, 0.3) is 0 Å². The molecule has 1 N–H and O–H groups in total. The van der Waals surface area contributed by atoms with Gasteiger partial charge in [0.1, 0.15) is 5.75 Å². The zero-order valence-corrected chi connectivity index (χ0v) is 17.0. The molecule has 0 spiro atoms. The van der Waals surface area contributed by atoms with Gasteiger partial charge >= 0.3 is 6.18 Å². The smallest absolute Gasteiger partial charge is 0.416 e. The molecule has 1 fully saturated rings. The lowest BCUT2D eigenvalue weighted by Gasteiger charge is -2.35. The number of hydrogen-bond acceptors (Lipinski definition) is 3. The van der Waals surface area contributed by atoms with Crippen molar-refractivity contribution < 1.29 is 22.7 Å². The number of rotatable bonds is 7. The minimum Gasteiger partial charge on any atom is -0.497 e. The Kier molecular flexibility index (Phi) is 7.37. The molecule has 0 aliphatic carbocycles. The zero-order chi connectivity index (χ0) is 21.6. The summed E-state index contributed by atoms with van der Waals surface area (Å²) in [6, 6.07) is 12.7. The Morgan fingerprint density at radius 1 is 1.10 bits per heavy atom. The minimum atomic E-state index is -4.42. The van der Waals surface area contributed by atoms with Crippen molar-refractivity contribution in [3.8, 4) is 5.75 Å². The van der Waals surface area contributed by atoms with Crippen LogP contribution in [0.5, 0.6) is 5.75 Å². The second-order valence-corrected chi connectivity index (χ2v) is 7.56. The molecule has 0 bridgehead atoms. The highest BCUT2D eigenvalue weighted by Crippen LogP contribution is 2.30. The average molecular weight is 420 g/mol. The van der Waals surface area contributed by atoms with Crippen molar-refractivity contribution in [3.63, 3.8) is 0 Å². The van der Waals surface area contributed by atoms with E-state index in [0.29, 0.717) is 12.1 Å². The molecule has 0 unspecified atom stereocenters. The molecule has 1 atom stereocenters. The van der Waals surface area contributed by atoms with Crippen LogP contribution in [0.25, 0.3) is 0 Å². The van der Waals surface area contributed by atoms with Gasteiger partial charge in [0.05, 0.1) is 25.1 Å². The molecule has 4 nitrogen and oxygen atoms in total. The molecule has 0 saturated carbocycles. The van der Waals surface area contributed by atoms with Gasteiger partial charge in [-0.15, -0.1) is 0 Å². The number of piperidine rings is 1. The molecule has 30 heavy (non-hydrogen) atoms. The third kappa shape index (κ3) is 5.98. The van der Waals surface area contributed by atoms with E-state index in [2.05, 4.69) is 10.2 Å². The number of benzene rings is 2. The number of ether oxygens (including phenoxy) is 1. The summed E-state index contributed by atoms with van der Waals surface area (Å²) >= 11 is 0. The van der Waals surface area contributed by atoms with E-state index in [1.54, 1.807) is 13.2 Å². The molecule has 0 aromatic heterocycles. The first-order valence-corrected chi connectivity index (χ1v) is 10.2. The van der Waals surface area contributed by atoms with E-state index >= 15 is 0 Å². The Hall–Kier alpha value is -2.54. The molecule has 2 aromatic carbocycles. The summed E-state index contributed by atoms with van der Waals surface area (Å²) in [5.41, 5.74) is 0.690. The van der Waals surface area contributed by atoms with Crippen molar-refractivity contribution >= 4 is 5.91 Å². The van der Waals surface area contributed by atoms with Gasteiger partial charge in [0.2, 0.25) is 5.91 Å². The van der Waals surface area contributed by atoms with E-state index in [0.717, 1.165) is 49.4 Å². The number of methoxy groups -OCH3 is 1. The van der Waals surface area contributed by atoms with Gasteiger partial charge in [-0.3, -0.25) is 9.69 Å². The Morgan fingerprint density at radius 2 is 1.80 bits per heavy atom. The first kappa shape index (κ1) is 22.2. The van der Waals surface area contributed by atoms with Crippen molar-refractivity contribution in [1.82, 2.24) is 10.2 Å². The SMILES string of the molecule is COc1ccc([C@@H](CNC(=O)Cc2cccc(C(F)(F)F)c2)N2CCCCC2)cc1. The number of halogens is 3. The highest BCUT2D eigenvalue weighted by atomic mass is 19.4. The summed E-state index contributed by atoms with van der Waals surface area (Å²) < 4.78 is 43.9. The molecule has 7 heteroatoms. The first-order chi connectivity index (χ1) is 14.4. The summed E-state index contributed by atoms with van der Waals surface area (Å²) in [5.74, 6) is 0.481. The van der Waals surface area contributed by atoms with E-state index in [1.165, 1.54) is 12.5 Å². The number of nitrogens with one attached hydrogen (secondary N) is 1. The van der Waals surface area contributed by atoms with Crippen molar-refractivity contribution in [2.45, 2.75) is 37.9 Å². The average Bonchev–Trinajstić information content (AvgIpc) is 2.75. The van der Waals surface area contributed by atoms with Crippen LogP contribution in [0.1, 0.15) is 42.0 Å². The topological polar surface area (TPSA) is 41.6 Å². The summed E-state index contributed by atoms with van der Waals surface area (Å²) in [4.78, 5) is 14.8. The van der Waals surface area contributed by atoms with Crippen LogP contribution in [0.3, 0.4) is 0 Å². The molecule has 1 aliphatic rings. The first-order valence-electron chi connectivity index (χ1n) is 10.2. The lowest BCUT2D eigenvalue weighted by atomic mass is 10.0. The Bertz CT molecular complexity index is 831. The minimum absolute atomic E-state index is 0.0154. The molecule has 1 aliphatic heterocycles. The highest BCUT2D eigenvalue weighted by molar-refractivity contribution is 5.78. The largest absolute Gasteiger partial charge is 0.497 e. The maximum Gasteiger partial charge on any atom is 0.416 e. The summed E-state index contributed by atoms with van der Waals surface area (Å²) in [6.07, 6.45) is -1.07. The maximum absolute atomic E-state index is 12.9. The van der Waals surface area contributed by atoms with Gasteiger partial charge < -0.3 is 10.1 Å². The molecular formula is C23H27F3N2O2. The van der Waals surface area contributed by atoms with Crippen LogP contribution in [-0.4, -0.2) is 37.6 Å². The second-order valence-electron chi connectivity index (χ2n) is 7.56. The third-order valence-corrected chi connectivity index (χ3v) is 5.44. The van der Waals surface area contributed by atoms with Gasteiger partial charge in [-0.2, -0.15) is 13.2 Å². The van der Waals surface area contributed by atoms with E-state index in [-0.39, 0.29) is 18.4 Å². The highest BCUT2D eigenvalue weighted by Gasteiger charge is 2.30. The molecule has 2 aromatic rings. The van der Waals surface area contributed by atoms with Crippen molar-refractivity contribution in [2.24, 2.45) is 0 Å². The maximum atomic E-state index is 12.9. The molecule has 162 valence electrons. The predicted molar refractivity (Wildman–Crippen MR) is 109 cm³/mol. The summed E-state index contributed by atoms with van der Waals surface area (Å²) in [6.45, 7) is 2.32. The van der Waals surface area contributed by atoms with Gasteiger partial charge in [-0.1, -0.05) is 36.8 Å². The standard InChI is InChI=1S/C23H27F3N2O2/c1-30-20-10-8-18(9-11-20)21(28-12-3-2-4-13-28)16-27-22(29)15-17-6-5-7-19(14-17)23(24,25)26/h5-11,14,21H,2-4,12-13,15-16H2,1H3,(H,27,29)/t21-/m1/s1. The van der Waals surface area contributed by atoms with Crippen LogP contribution in [0.15, 0.2) is 48.5 Å². The van der Waals surface area contributed by atoms with Gasteiger partial charge in [0, 0.05) is 6.54 Å². The van der Waals surface area contributed by atoms with Crippen molar-refractivity contribution in [1.29, 1.82) is 0 Å². The number of likely N-dealkylation sites (tertiary alicyclic amines) is 1. The molecule has 1 saturated heterocycles. The molecular weight excluding hydrogens is 393 g/mol. The van der Waals surface area contributed by atoms with Gasteiger partial charge in [-0.25, -0.2) is 0 Å². The van der Waals surface area contributed by atoms with E-state index in [4.69, 9.17) is 4.74 Å². The Morgan fingerprint density at radius 3 is 2.43 bits per heavy atom. The van der Waals surface area contributed by atoms with Crippen molar-refractivity contribution in [3.05, 3.63) is 65.2 Å². The van der Waals surface area contributed by atoms with Crippen LogP contribution in [-0.2, 0) is 17.4 Å². The number of alkyl halides is 3. The van der Waals surface area contributed by atoms with Crippen LogP contribution in [0, 0.1) is 0 Å². The summed E-state index contributed by atoms with van der Waals surface area (Å²) in [5, 5.41) is 2.92. The number of carbonyl (C=O) groups is 1. The second kappa shape index (κ2) is 9.98. The predicted octanol–water partition coefficient (Wildman–Crippen LogP) is 4.60. The number of amides is 1. The lowest BCUT2D eigenvalue weighted by molar-refractivity contribution is -0.137. The van der Waals surface area contributed by atoms with Crippen LogP contribution < -0.4 is 10.1 Å². The molecule has 1 heterocycles. The Labute approximate surface area is 175 Å². The number of carbonyl (C=O) groups excluding carboxylic acids is 1. The quantitative estimate of drug-likeness (QED) is 0.712. The number of hydrogen-bond donors (Lipinski definition) is 1. The lowest BCUT2D eigenvalue weighted by Crippen LogP contribution is -2.41. The molecule has 1 amide bonds. The Balaban J connectivity index is 1.66. The molecule has 0 radical (unpaired) electrons. The normalized spacial score (nSPS) is 16.1. The van der Waals surface area contributed by atoms with Gasteiger partial charge in [-0.05, 0) is 55.3 Å². The zero-order valence-electron chi connectivity index (χ0n) is 17.0. The van der Waals surface area contributed by atoms with E-state index in [1.807, 2.05) is 24.3 Å². The fraction of sp³-hybridized carbons (Fsp3) is 0.435. The summed E-state index contributed by atoms with van der Waals surface area (Å²) in [7, 11) is 1.62. The number of nitrogens with zero attached hydrogens (tertiary/aromatic N) is 1. The van der Waals surface area contributed by atoms with E-state index in [9.17, 15) is 18.0 Å². The van der Waals surface area contributed by atoms with Crippen LogP contribution in [0.4, 0.5) is 13.2 Å². The fourth-order valence-corrected chi connectivity index (χ4v) is 3.83. The van der Waals surface area contributed by atoms with Crippen LogP contribution in [0.2, 0.25) is 0 Å². The molecule has 3 rings (SSSR count). The van der Waals surface area contributed by atoms with Crippen molar-refractivity contribution in [2.75, 3.05) is 26.7 Å². The third-order valence-electron chi connectivity index (χ3n) is 5.44. The fourth-order valence-electron chi connectivity index (χ4n) is 3.83. The van der Waals surface area contributed by atoms with E-state index < -0.39 is 11.7 Å². The van der Waals surface area contributed by atoms with Gasteiger partial charge in [0.15, 0.2) is 0 Å². The van der Waals surface area contributed by atoms with Crippen LogP contribution >= 0.6 is 0 Å².